The summed E-state index contributed by atoms with van der Waals surface area (Å²) >= 11 is 0. The average molecular weight is 259 g/mol. The lowest BCUT2D eigenvalue weighted by atomic mass is 9.68. The maximum absolute atomic E-state index is 5.75. The van der Waals surface area contributed by atoms with E-state index in [0.717, 1.165) is 12.2 Å². The first-order valence-electron chi connectivity index (χ1n) is 7.70. The normalized spacial score (nSPS) is 23.6. The molecule has 3 heteroatoms. The van der Waals surface area contributed by atoms with Crippen LogP contribution in [0.2, 0.25) is 0 Å². The van der Waals surface area contributed by atoms with Crippen LogP contribution in [-0.2, 0) is 6.54 Å². The molecule has 0 unspecified atom stereocenters. The predicted octanol–water partition coefficient (Wildman–Crippen LogP) is 3.21. The highest BCUT2D eigenvalue weighted by atomic mass is 15.1. The maximum atomic E-state index is 5.75. The SMILES string of the molecule is Nc1cccc(CN2CCC3(CCCCC3)CC2)n1. The lowest BCUT2D eigenvalue weighted by molar-refractivity contribution is 0.0635. The summed E-state index contributed by atoms with van der Waals surface area (Å²) in [4.78, 5) is 6.95. The molecule has 2 heterocycles. The summed E-state index contributed by atoms with van der Waals surface area (Å²) in [5.74, 6) is 0.637. The average Bonchev–Trinajstić information content (AvgIpc) is 2.43. The summed E-state index contributed by atoms with van der Waals surface area (Å²) in [6, 6.07) is 5.95. The number of rotatable bonds is 2. The van der Waals surface area contributed by atoms with Crippen molar-refractivity contribution in [1.82, 2.24) is 9.88 Å². The number of aromatic nitrogens is 1. The number of likely N-dealkylation sites (tertiary alicyclic amines) is 1. The Morgan fingerprint density at radius 1 is 1.05 bits per heavy atom. The fourth-order valence-electron chi connectivity index (χ4n) is 3.80. The molecule has 2 fully saturated rings. The Bertz CT molecular complexity index is 414. The molecule has 0 bridgehead atoms. The number of nitrogen functional groups attached to an aromatic ring is 1. The van der Waals surface area contributed by atoms with Gasteiger partial charge in [0.25, 0.3) is 0 Å². The maximum Gasteiger partial charge on any atom is 0.123 e. The van der Waals surface area contributed by atoms with Gasteiger partial charge in [0.05, 0.1) is 5.69 Å². The molecule has 1 spiro atoms. The van der Waals surface area contributed by atoms with Gasteiger partial charge >= 0.3 is 0 Å². The number of hydrogen-bond donors (Lipinski definition) is 1. The smallest absolute Gasteiger partial charge is 0.123 e. The van der Waals surface area contributed by atoms with Crippen molar-refractivity contribution < 1.29 is 0 Å². The highest BCUT2D eigenvalue weighted by molar-refractivity contribution is 5.28. The van der Waals surface area contributed by atoms with Crippen LogP contribution in [0.1, 0.15) is 50.6 Å². The molecule has 0 aromatic carbocycles. The Labute approximate surface area is 116 Å². The van der Waals surface area contributed by atoms with E-state index in [1.54, 1.807) is 0 Å². The number of pyridine rings is 1. The zero-order valence-electron chi connectivity index (χ0n) is 11.8. The fraction of sp³-hybridized carbons (Fsp3) is 0.688. The summed E-state index contributed by atoms with van der Waals surface area (Å²) in [7, 11) is 0. The second-order valence-electron chi connectivity index (χ2n) is 6.39. The van der Waals surface area contributed by atoms with Crippen molar-refractivity contribution in [2.75, 3.05) is 18.8 Å². The summed E-state index contributed by atoms with van der Waals surface area (Å²) in [6.07, 6.45) is 10.1. The number of nitrogens with two attached hydrogens (primary N) is 1. The van der Waals surface area contributed by atoms with Gasteiger partial charge in [0.2, 0.25) is 0 Å². The van der Waals surface area contributed by atoms with Crippen LogP contribution in [0.15, 0.2) is 18.2 Å². The van der Waals surface area contributed by atoms with Gasteiger partial charge in [-0.15, -0.1) is 0 Å². The van der Waals surface area contributed by atoms with Crippen molar-refractivity contribution in [2.45, 2.75) is 51.5 Å². The molecule has 0 atom stereocenters. The van der Waals surface area contributed by atoms with Gasteiger partial charge in [0.15, 0.2) is 0 Å². The van der Waals surface area contributed by atoms with Crippen molar-refractivity contribution >= 4 is 5.82 Å². The van der Waals surface area contributed by atoms with E-state index in [4.69, 9.17) is 5.73 Å². The van der Waals surface area contributed by atoms with Crippen LogP contribution in [-0.4, -0.2) is 23.0 Å². The molecule has 1 aromatic heterocycles. The number of anilines is 1. The molecule has 1 aliphatic heterocycles. The Morgan fingerprint density at radius 3 is 2.47 bits per heavy atom. The molecular weight excluding hydrogens is 234 g/mol. The molecule has 0 radical (unpaired) electrons. The van der Waals surface area contributed by atoms with Crippen LogP contribution in [0, 0.1) is 5.41 Å². The van der Waals surface area contributed by atoms with Gasteiger partial charge in [0, 0.05) is 6.54 Å². The first-order chi connectivity index (χ1) is 9.26. The standard InChI is InChI=1S/C16H25N3/c17-15-6-4-5-14(18-15)13-19-11-9-16(10-12-19)7-2-1-3-8-16/h4-6H,1-3,7-13H2,(H2,17,18). The summed E-state index contributed by atoms with van der Waals surface area (Å²) in [5, 5.41) is 0. The van der Waals surface area contributed by atoms with Gasteiger partial charge in [0.1, 0.15) is 5.82 Å². The fourth-order valence-corrected chi connectivity index (χ4v) is 3.80. The van der Waals surface area contributed by atoms with Crippen molar-refractivity contribution in [2.24, 2.45) is 5.41 Å². The third kappa shape index (κ3) is 3.08. The molecule has 3 rings (SSSR count). The topological polar surface area (TPSA) is 42.1 Å². The Hall–Kier alpha value is -1.09. The zero-order chi connectivity index (χ0) is 13.1. The van der Waals surface area contributed by atoms with E-state index in [2.05, 4.69) is 16.0 Å². The van der Waals surface area contributed by atoms with Gasteiger partial charge < -0.3 is 5.73 Å². The van der Waals surface area contributed by atoms with Gasteiger partial charge in [-0.3, -0.25) is 4.90 Å². The highest BCUT2D eigenvalue weighted by Gasteiger charge is 2.35. The van der Waals surface area contributed by atoms with Crippen LogP contribution in [0.3, 0.4) is 0 Å². The van der Waals surface area contributed by atoms with Crippen LogP contribution in [0.5, 0.6) is 0 Å². The van der Waals surface area contributed by atoms with E-state index in [9.17, 15) is 0 Å². The van der Waals surface area contributed by atoms with Gasteiger partial charge in [-0.25, -0.2) is 4.98 Å². The third-order valence-electron chi connectivity index (χ3n) is 5.04. The Balaban J connectivity index is 1.55. The zero-order valence-corrected chi connectivity index (χ0v) is 11.8. The highest BCUT2D eigenvalue weighted by Crippen LogP contribution is 2.44. The lowest BCUT2D eigenvalue weighted by Gasteiger charge is -2.44. The molecular formula is C16H25N3. The van der Waals surface area contributed by atoms with Crippen LogP contribution < -0.4 is 5.73 Å². The second kappa shape index (κ2) is 5.49. The van der Waals surface area contributed by atoms with Crippen LogP contribution >= 0.6 is 0 Å². The second-order valence-corrected chi connectivity index (χ2v) is 6.39. The van der Waals surface area contributed by atoms with Gasteiger partial charge in [-0.1, -0.05) is 25.3 Å². The Morgan fingerprint density at radius 2 is 1.79 bits per heavy atom. The molecule has 104 valence electrons. The van der Waals surface area contributed by atoms with E-state index in [0.29, 0.717) is 11.2 Å². The van der Waals surface area contributed by atoms with E-state index in [1.165, 1.54) is 58.0 Å². The van der Waals surface area contributed by atoms with Crippen molar-refractivity contribution in [3.05, 3.63) is 23.9 Å². The van der Waals surface area contributed by atoms with Crippen molar-refractivity contribution in [3.63, 3.8) is 0 Å². The largest absolute Gasteiger partial charge is 0.384 e. The molecule has 1 saturated heterocycles. The number of hydrogen-bond acceptors (Lipinski definition) is 3. The van der Waals surface area contributed by atoms with Crippen molar-refractivity contribution in [1.29, 1.82) is 0 Å². The molecule has 1 aliphatic carbocycles. The minimum absolute atomic E-state index is 0.637. The van der Waals surface area contributed by atoms with E-state index < -0.39 is 0 Å². The van der Waals surface area contributed by atoms with Crippen LogP contribution in [0.25, 0.3) is 0 Å². The first-order valence-corrected chi connectivity index (χ1v) is 7.70. The molecule has 19 heavy (non-hydrogen) atoms. The number of nitrogens with zero attached hydrogens (tertiary/aromatic N) is 2. The summed E-state index contributed by atoms with van der Waals surface area (Å²) < 4.78 is 0. The minimum atomic E-state index is 0.637. The molecule has 2 aliphatic rings. The van der Waals surface area contributed by atoms with Gasteiger partial charge in [-0.05, 0) is 56.3 Å². The predicted molar refractivity (Wildman–Crippen MR) is 78.7 cm³/mol. The first kappa shape index (κ1) is 12.9. The molecule has 0 amide bonds. The Kier molecular flexibility index (Phi) is 3.74. The number of piperidine rings is 1. The lowest BCUT2D eigenvalue weighted by Crippen LogP contribution is -2.40. The minimum Gasteiger partial charge on any atom is -0.384 e. The quantitative estimate of drug-likeness (QED) is 0.886. The van der Waals surface area contributed by atoms with Gasteiger partial charge in [-0.2, -0.15) is 0 Å². The summed E-state index contributed by atoms with van der Waals surface area (Å²) in [5.41, 5.74) is 7.55. The van der Waals surface area contributed by atoms with Crippen LogP contribution in [0.4, 0.5) is 5.82 Å². The molecule has 1 aromatic rings. The van der Waals surface area contributed by atoms with E-state index in [1.807, 2.05) is 12.1 Å². The summed E-state index contributed by atoms with van der Waals surface area (Å²) in [6.45, 7) is 3.42. The third-order valence-corrected chi connectivity index (χ3v) is 5.04. The van der Waals surface area contributed by atoms with E-state index in [-0.39, 0.29) is 0 Å². The molecule has 2 N–H and O–H groups in total. The van der Waals surface area contributed by atoms with E-state index >= 15 is 0 Å². The molecule has 1 saturated carbocycles. The monoisotopic (exact) mass is 259 g/mol. The molecule has 3 nitrogen and oxygen atoms in total. The van der Waals surface area contributed by atoms with Crippen molar-refractivity contribution in [3.8, 4) is 0 Å².